The Bertz CT molecular complexity index is 1350. The highest BCUT2D eigenvalue weighted by Gasteiger charge is 2.73. The molecule has 8 heteroatoms. The van der Waals surface area contributed by atoms with Gasteiger partial charge in [0.15, 0.2) is 0 Å². The Kier molecular flexibility index (Phi) is 5.73. The molecular formula is C28H27N3O4S. The molecule has 3 aliphatic rings. The van der Waals surface area contributed by atoms with E-state index in [1.54, 1.807) is 11.8 Å². The minimum Gasteiger partial charge on any atom is -0.395 e. The predicted molar refractivity (Wildman–Crippen MR) is 141 cm³/mol. The number of hydrogen-bond acceptors (Lipinski definition) is 5. The number of amides is 3. The van der Waals surface area contributed by atoms with Crippen LogP contribution in [0.5, 0.6) is 0 Å². The molecular weight excluding hydrogens is 474 g/mol. The number of nitrogens with zero attached hydrogens (tertiary/aromatic N) is 1. The molecule has 0 aliphatic carbocycles. The van der Waals surface area contributed by atoms with Gasteiger partial charge < -0.3 is 20.6 Å². The number of β-amino-alcohol motifs (C(OH)–C–C–N with tert-alkyl or cyclic N) is 1. The van der Waals surface area contributed by atoms with Crippen molar-refractivity contribution in [2.24, 2.45) is 11.8 Å². The number of likely N-dealkylation sites (tertiary alicyclic amines) is 1. The van der Waals surface area contributed by atoms with Gasteiger partial charge >= 0.3 is 0 Å². The van der Waals surface area contributed by atoms with E-state index in [-0.39, 0.29) is 36.1 Å². The third kappa shape index (κ3) is 3.59. The Balaban J connectivity index is 1.31. The first-order chi connectivity index (χ1) is 17.5. The van der Waals surface area contributed by atoms with E-state index in [1.807, 2.05) is 72.8 Å². The Hall–Kier alpha value is -3.36. The van der Waals surface area contributed by atoms with Crippen LogP contribution in [0.15, 0.2) is 72.8 Å². The highest BCUT2D eigenvalue weighted by Crippen LogP contribution is 2.66. The summed E-state index contributed by atoms with van der Waals surface area (Å²) in [5.74, 6) is -1.78. The molecule has 3 heterocycles. The minimum atomic E-state index is -0.752. The molecule has 0 radical (unpaired) electrons. The zero-order chi connectivity index (χ0) is 24.9. The van der Waals surface area contributed by atoms with Crippen LogP contribution in [0.25, 0.3) is 10.8 Å². The predicted octanol–water partition coefficient (Wildman–Crippen LogP) is 3.50. The quantitative estimate of drug-likeness (QED) is 0.480. The van der Waals surface area contributed by atoms with Crippen LogP contribution in [0, 0.1) is 11.8 Å². The fourth-order valence-corrected chi connectivity index (χ4v) is 8.55. The molecule has 3 aromatic rings. The van der Waals surface area contributed by atoms with E-state index in [0.29, 0.717) is 17.8 Å². The maximum Gasteiger partial charge on any atom is 0.248 e. The van der Waals surface area contributed by atoms with Crippen LogP contribution in [-0.2, 0) is 14.4 Å². The van der Waals surface area contributed by atoms with Crippen molar-refractivity contribution in [2.45, 2.75) is 28.9 Å². The van der Waals surface area contributed by atoms with Gasteiger partial charge in [0.05, 0.1) is 23.2 Å². The topological polar surface area (TPSA) is 98.7 Å². The first kappa shape index (κ1) is 23.1. The summed E-state index contributed by atoms with van der Waals surface area (Å²) >= 11 is 1.61. The summed E-state index contributed by atoms with van der Waals surface area (Å²) in [6, 6.07) is 22.1. The SMILES string of the molecule is O=C(Nc1ccc2ccccc2c1)C1N(CCO)C(=O)[C@@H]2[C@@H](C(=O)Nc3ccccc3)[C@H]3CCC12S3. The van der Waals surface area contributed by atoms with Crippen molar-refractivity contribution in [1.82, 2.24) is 4.90 Å². The highest BCUT2D eigenvalue weighted by molar-refractivity contribution is 8.02. The number of hydrogen-bond donors (Lipinski definition) is 3. The van der Waals surface area contributed by atoms with Gasteiger partial charge in [-0.25, -0.2) is 0 Å². The molecule has 2 unspecified atom stereocenters. The molecule has 3 saturated heterocycles. The van der Waals surface area contributed by atoms with Crippen LogP contribution in [0.3, 0.4) is 0 Å². The van der Waals surface area contributed by atoms with Crippen molar-refractivity contribution in [3.05, 3.63) is 72.8 Å². The second-order valence-corrected chi connectivity index (χ2v) is 11.3. The fourth-order valence-electron chi connectivity index (χ4n) is 6.33. The van der Waals surface area contributed by atoms with Crippen LogP contribution in [0.4, 0.5) is 11.4 Å². The number of aliphatic hydroxyl groups is 1. The molecule has 0 saturated carbocycles. The van der Waals surface area contributed by atoms with E-state index in [2.05, 4.69) is 10.6 Å². The van der Waals surface area contributed by atoms with Crippen LogP contribution >= 0.6 is 11.8 Å². The monoisotopic (exact) mass is 501 g/mol. The smallest absolute Gasteiger partial charge is 0.248 e. The van der Waals surface area contributed by atoms with Gasteiger partial charge in [0, 0.05) is 23.2 Å². The van der Waals surface area contributed by atoms with Gasteiger partial charge in [-0.3, -0.25) is 14.4 Å². The average Bonchev–Trinajstić information content (AvgIpc) is 3.52. The van der Waals surface area contributed by atoms with Gasteiger partial charge in [-0.15, -0.1) is 11.8 Å². The van der Waals surface area contributed by atoms with Crippen LogP contribution < -0.4 is 10.6 Å². The van der Waals surface area contributed by atoms with Crippen LogP contribution in [0.2, 0.25) is 0 Å². The molecule has 3 amide bonds. The number of nitrogens with one attached hydrogen (secondary N) is 2. The molecule has 3 aliphatic heterocycles. The Morgan fingerprint density at radius 1 is 0.944 bits per heavy atom. The molecule has 3 aromatic carbocycles. The third-order valence-electron chi connectivity index (χ3n) is 7.75. The number of carbonyl (C=O) groups excluding carboxylic acids is 3. The summed E-state index contributed by atoms with van der Waals surface area (Å²) < 4.78 is -0.684. The third-order valence-corrected chi connectivity index (χ3v) is 9.70. The van der Waals surface area contributed by atoms with E-state index < -0.39 is 22.6 Å². The number of rotatable bonds is 6. The van der Waals surface area contributed by atoms with Crippen LogP contribution in [0.1, 0.15) is 12.8 Å². The normalized spacial score (nSPS) is 28.4. The number of para-hydroxylation sites is 1. The Labute approximate surface area is 213 Å². The van der Waals surface area contributed by atoms with Gasteiger partial charge in [0.1, 0.15) is 6.04 Å². The van der Waals surface area contributed by atoms with E-state index in [9.17, 15) is 19.5 Å². The van der Waals surface area contributed by atoms with Crippen LogP contribution in [-0.4, -0.2) is 56.9 Å². The lowest BCUT2D eigenvalue weighted by molar-refractivity contribution is -0.138. The molecule has 3 fully saturated rings. The van der Waals surface area contributed by atoms with E-state index in [0.717, 1.165) is 17.2 Å². The number of fused-ring (bicyclic) bond motifs is 2. The molecule has 1 spiro atoms. The van der Waals surface area contributed by atoms with E-state index in [4.69, 9.17) is 0 Å². The van der Waals surface area contributed by atoms with E-state index >= 15 is 0 Å². The number of benzene rings is 3. The summed E-state index contributed by atoms with van der Waals surface area (Å²) in [6.45, 7) is -0.186. The first-order valence-electron chi connectivity index (χ1n) is 12.3. The van der Waals surface area contributed by atoms with Gasteiger partial charge in [-0.2, -0.15) is 0 Å². The lowest BCUT2D eigenvalue weighted by atomic mass is 9.70. The van der Waals surface area contributed by atoms with Gasteiger partial charge in [-0.1, -0.05) is 48.5 Å². The molecule has 7 nitrogen and oxygen atoms in total. The number of aliphatic hydroxyl groups excluding tert-OH is 1. The van der Waals surface area contributed by atoms with Gasteiger partial charge in [-0.05, 0) is 47.9 Å². The molecule has 2 bridgehead atoms. The average molecular weight is 502 g/mol. The Morgan fingerprint density at radius 3 is 2.44 bits per heavy atom. The molecule has 184 valence electrons. The minimum absolute atomic E-state index is 0.0186. The standard InChI is InChI=1S/C28H27N3O4S/c32-15-14-31-24(26(34)30-20-11-10-17-6-4-5-7-18(17)16-20)28-13-12-21(36-28)22(23(28)27(31)35)25(33)29-19-8-2-1-3-9-19/h1-11,16,21-24,32H,12-15H2,(H,29,33)(H,30,34)/t21-,22+,23+,24?,28?/m1/s1. The van der Waals surface area contributed by atoms with Crippen molar-refractivity contribution in [3.63, 3.8) is 0 Å². The summed E-state index contributed by atoms with van der Waals surface area (Å²) in [7, 11) is 0. The fraction of sp³-hybridized carbons (Fsp3) is 0.321. The second-order valence-electron chi connectivity index (χ2n) is 9.72. The molecule has 3 N–H and O–H groups in total. The summed E-state index contributed by atoms with van der Waals surface area (Å²) in [4.78, 5) is 42.4. The molecule has 0 aromatic heterocycles. The lowest BCUT2D eigenvalue weighted by Crippen LogP contribution is -2.52. The Morgan fingerprint density at radius 2 is 1.67 bits per heavy atom. The van der Waals surface area contributed by atoms with Crippen molar-refractivity contribution >= 4 is 51.6 Å². The summed E-state index contributed by atoms with van der Waals surface area (Å²) in [5.41, 5.74) is 1.35. The van der Waals surface area contributed by atoms with Crippen molar-refractivity contribution in [1.29, 1.82) is 0 Å². The molecule has 36 heavy (non-hydrogen) atoms. The number of carbonyl (C=O) groups is 3. The number of thioether (sulfide) groups is 1. The van der Waals surface area contributed by atoms with Crippen molar-refractivity contribution in [3.8, 4) is 0 Å². The van der Waals surface area contributed by atoms with E-state index in [1.165, 1.54) is 4.90 Å². The van der Waals surface area contributed by atoms with Gasteiger partial charge in [0.2, 0.25) is 17.7 Å². The number of anilines is 2. The van der Waals surface area contributed by atoms with Crippen molar-refractivity contribution < 1.29 is 19.5 Å². The largest absolute Gasteiger partial charge is 0.395 e. The highest BCUT2D eigenvalue weighted by atomic mass is 32.2. The molecule has 6 rings (SSSR count). The summed E-state index contributed by atoms with van der Waals surface area (Å²) in [5, 5.41) is 17.8. The molecule has 5 atom stereocenters. The maximum absolute atomic E-state index is 13.8. The zero-order valence-corrected chi connectivity index (χ0v) is 20.4. The van der Waals surface area contributed by atoms with Crippen molar-refractivity contribution in [2.75, 3.05) is 23.8 Å². The first-order valence-corrected chi connectivity index (χ1v) is 13.1. The lowest BCUT2D eigenvalue weighted by Gasteiger charge is -2.34. The van der Waals surface area contributed by atoms with Gasteiger partial charge in [0.25, 0.3) is 0 Å². The second kappa shape index (κ2) is 8.94. The zero-order valence-electron chi connectivity index (χ0n) is 19.6. The maximum atomic E-state index is 13.8. The summed E-state index contributed by atoms with van der Waals surface area (Å²) in [6.07, 6.45) is 1.46.